The molecule has 146 valence electrons. The number of nitrogens with one attached hydrogen (secondary N) is 1. The van der Waals surface area contributed by atoms with Crippen molar-refractivity contribution in [2.75, 3.05) is 5.75 Å². The minimum Gasteiger partial charge on any atom is -0.351 e. The van der Waals surface area contributed by atoms with Crippen molar-refractivity contribution in [1.82, 2.24) is 14.9 Å². The second-order valence-electron chi connectivity index (χ2n) is 6.43. The Bertz CT molecular complexity index is 1170. The van der Waals surface area contributed by atoms with Crippen LogP contribution >= 0.6 is 23.1 Å². The van der Waals surface area contributed by atoms with Gasteiger partial charge in [0, 0.05) is 11.4 Å². The van der Waals surface area contributed by atoms with Crippen LogP contribution in [0.3, 0.4) is 0 Å². The zero-order valence-corrected chi connectivity index (χ0v) is 17.2. The zero-order valence-electron chi connectivity index (χ0n) is 15.6. The quantitative estimate of drug-likeness (QED) is 0.363. The molecule has 0 saturated heterocycles. The number of carbonyl (C=O) groups excluding carboxylic acids is 1. The number of thioether (sulfide) groups is 1. The first-order valence-corrected chi connectivity index (χ1v) is 11.0. The van der Waals surface area contributed by atoms with E-state index in [1.165, 1.54) is 11.8 Å². The van der Waals surface area contributed by atoms with Gasteiger partial charge in [-0.3, -0.25) is 14.2 Å². The fourth-order valence-corrected chi connectivity index (χ4v) is 4.45. The van der Waals surface area contributed by atoms with Gasteiger partial charge in [-0.25, -0.2) is 4.98 Å². The molecule has 2 aromatic carbocycles. The van der Waals surface area contributed by atoms with Gasteiger partial charge in [0.05, 0.1) is 23.2 Å². The molecule has 29 heavy (non-hydrogen) atoms. The third-order valence-electron chi connectivity index (χ3n) is 4.39. The molecule has 7 heteroatoms. The second kappa shape index (κ2) is 9.07. The Balaban J connectivity index is 1.53. The number of hydrogen-bond donors (Lipinski definition) is 1. The molecule has 0 atom stereocenters. The van der Waals surface area contributed by atoms with E-state index in [2.05, 4.69) is 10.3 Å². The van der Waals surface area contributed by atoms with Gasteiger partial charge in [-0.15, -0.1) is 11.3 Å². The van der Waals surface area contributed by atoms with E-state index >= 15 is 0 Å². The SMILES string of the molecule is O=C(CSc1nc2ccccc2c(=O)n1Cc1cccs1)NCc1ccccc1. The third-order valence-corrected chi connectivity index (χ3v) is 6.22. The number of hydrogen-bond acceptors (Lipinski definition) is 5. The number of carbonyl (C=O) groups is 1. The molecule has 4 aromatic rings. The molecule has 1 amide bonds. The summed E-state index contributed by atoms with van der Waals surface area (Å²) in [6, 6.07) is 21.0. The summed E-state index contributed by atoms with van der Waals surface area (Å²) in [6.45, 7) is 0.926. The lowest BCUT2D eigenvalue weighted by atomic mass is 10.2. The Labute approximate surface area is 176 Å². The third kappa shape index (κ3) is 4.75. The predicted molar refractivity (Wildman–Crippen MR) is 118 cm³/mol. The molecular formula is C22H19N3O2S2. The van der Waals surface area contributed by atoms with E-state index in [4.69, 9.17) is 0 Å². The van der Waals surface area contributed by atoms with E-state index in [0.717, 1.165) is 10.4 Å². The lowest BCUT2D eigenvalue weighted by Gasteiger charge is -2.12. The van der Waals surface area contributed by atoms with Crippen molar-refractivity contribution < 1.29 is 4.79 Å². The van der Waals surface area contributed by atoms with Crippen LogP contribution in [0.2, 0.25) is 0 Å². The minimum atomic E-state index is -0.0936. The van der Waals surface area contributed by atoms with Gasteiger partial charge in [0.1, 0.15) is 0 Å². The van der Waals surface area contributed by atoms with E-state index in [0.29, 0.717) is 29.1 Å². The molecule has 4 rings (SSSR count). The smallest absolute Gasteiger partial charge is 0.262 e. The van der Waals surface area contributed by atoms with Crippen molar-refractivity contribution in [2.24, 2.45) is 0 Å². The maximum Gasteiger partial charge on any atom is 0.262 e. The summed E-state index contributed by atoms with van der Waals surface area (Å²) in [5.41, 5.74) is 1.60. The van der Waals surface area contributed by atoms with E-state index in [9.17, 15) is 9.59 Å². The Hall–Kier alpha value is -2.90. The van der Waals surface area contributed by atoms with Crippen LogP contribution in [0.5, 0.6) is 0 Å². The molecule has 0 unspecified atom stereocenters. The molecule has 0 aliphatic rings. The van der Waals surface area contributed by atoms with Gasteiger partial charge in [-0.2, -0.15) is 0 Å². The molecule has 0 saturated carbocycles. The van der Waals surface area contributed by atoms with Crippen LogP contribution in [0.25, 0.3) is 10.9 Å². The van der Waals surface area contributed by atoms with Crippen LogP contribution in [0, 0.1) is 0 Å². The highest BCUT2D eigenvalue weighted by molar-refractivity contribution is 7.99. The molecule has 1 N–H and O–H groups in total. The van der Waals surface area contributed by atoms with Crippen molar-refractivity contribution in [2.45, 2.75) is 18.2 Å². The lowest BCUT2D eigenvalue weighted by Crippen LogP contribution is -2.27. The van der Waals surface area contributed by atoms with Gasteiger partial charge in [-0.1, -0.05) is 60.3 Å². The van der Waals surface area contributed by atoms with Gasteiger partial charge in [0.15, 0.2) is 5.16 Å². The van der Waals surface area contributed by atoms with Crippen molar-refractivity contribution in [3.63, 3.8) is 0 Å². The van der Waals surface area contributed by atoms with Crippen LogP contribution in [0.15, 0.2) is 82.1 Å². The van der Waals surface area contributed by atoms with E-state index in [-0.39, 0.29) is 17.2 Å². The summed E-state index contributed by atoms with van der Waals surface area (Å²) in [5, 5.41) is 6.04. The first kappa shape index (κ1) is 19.4. The number of para-hydroxylation sites is 1. The Morgan fingerprint density at radius 1 is 1.03 bits per heavy atom. The maximum absolute atomic E-state index is 13.0. The molecule has 5 nitrogen and oxygen atoms in total. The Morgan fingerprint density at radius 3 is 2.62 bits per heavy atom. The normalized spacial score (nSPS) is 10.9. The van der Waals surface area contributed by atoms with E-state index in [1.807, 2.05) is 66.0 Å². The van der Waals surface area contributed by atoms with Gasteiger partial charge in [0.25, 0.3) is 5.56 Å². The van der Waals surface area contributed by atoms with Gasteiger partial charge < -0.3 is 5.32 Å². The second-order valence-corrected chi connectivity index (χ2v) is 8.41. The summed E-state index contributed by atoms with van der Waals surface area (Å²) in [4.78, 5) is 31.1. The van der Waals surface area contributed by atoms with Gasteiger partial charge in [0.2, 0.25) is 5.91 Å². The van der Waals surface area contributed by atoms with Crippen molar-refractivity contribution >= 4 is 39.9 Å². The van der Waals surface area contributed by atoms with Gasteiger partial charge in [-0.05, 0) is 29.1 Å². The average Bonchev–Trinajstić information content (AvgIpc) is 3.27. The highest BCUT2D eigenvalue weighted by atomic mass is 32.2. The molecule has 2 aromatic heterocycles. The fraction of sp³-hybridized carbons (Fsp3) is 0.136. The Kier molecular flexibility index (Phi) is 6.07. The molecule has 0 fully saturated rings. The Morgan fingerprint density at radius 2 is 1.83 bits per heavy atom. The highest BCUT2D eigenvalue weighted by Crippen LogP contribution is 2.20. The first-order valence-electron chi connectivity index (χ1n) is 9.16. The summed E-state index contributed by atoms with van der Waals surface area (Å²) in [5.74, 6) is 0.103. The number of thiophene rings is 1. The maximum atomic E-state index is 13.0. The van der Waals surface area contributed by atoms with Gasteiger partial charge >= 0.3 is 0 Å². The summed E-state index contributed by atoms with van der Waals surface area (Å²) in [7, 11) is 0. The number of nitrogens with zero attached hydrogens (tertiary/aromatic N) is 2. The number of amides is 1. The number of fused-ring (bicyclic) bond motifs is 1. The molecule has 0 spiro atoms. The zero-order chi connectivity index (χ0) is 20.1. The minimum absolute atomic E-state index is 0.0869. The summed E-state index contributed by atoms with van der Waals surface area (Å²) in [6.07, 6.45) is 0. The monoisotopic (exact) mass is 421 g/mol. The van der Waals surface area contributed by atoms with E-state index < -0.39 is 0 Å². The molecular weight excluding hydrogens is 402 g/mol. The average molecular weight is 422 g/mol. The topological polar surface area (TPSA) is 64.0 Å². The molecule has 0 radical (unpaired) electrons. The highest BCUT2D eigenvalue weighted by Gasteiger charge is 2.14. The molecule has 0 aliphatic carbocycles. The van der Waals surface area contributed by atoms with Crippen molar-refractivity contribution in [1.29, 1.82) is 0 Å². The largest absolute Gasteiger partial charge is 0.351 e. The van der Waals surface area contributed by atoms with Crippen LogP contribution in [-0.2, 0) is 17.9 Å². The summed E-state index contributed by atoms with van der Waals surface area (Å²) < 4.78 is 1.66. The molecule has 0 aliphatic heterocycles. The number of benzene rings is 2. The fourth-order valence-electron chi connectivity index (χ4n) is 2.93. The summed E-state index contributed by atoms with van der Waals surface area (Å²) >= 11 is 2.88. The van der Waals surface area contributed by atoms with Crippen molar-refractivity contribution in [3.8, 4) is 0 Å². The first-order chi connectivity index (χ1) is 14.2. The lowest BCUT2D eigenvalue weighted by molar-refractivity contribution is -0.118. The van der Waals surface area contributed by atoms with Crippen LogP contribution in [-0.4, -0.2) is 21.2 Å². The van der Waals surface area contributed by atoms with Crippen molar-refractivity contribution in [3.05, 3.63) is 92.9 Å². The molecule has 2 heterocycles. The van der Waals surface area contributed by atoms with E-state index in [1.54, 1.807) is 22.0 Å². The predicted octanol–water partition coefficient (Wildman–Crippen LogP) is 3.91. The number of rotatable bonds is 7. The van der Waals surface area contributed by atoms with Crippen LogP contribution < -0.4 is 10.9 Å². The number of aromatic nitrogens is 2. The standard InChI is InChI=1S/C22H19N3O2S2/c26-20(23-13-16-7-2-1-3-8-16)15-29-22-24-19-11-5-4-10-18(19)21(27)25(22)14-17-9-6-12-28-17/h1-12H,13-15H2,(H,23,26). The molecule has 0 bridgehead atoms. The van der Waals surface area contributed by atoms with Crippen LogP contribution in [0.4, 0.5) is 0 Å². The van der Waals surface area contributed by atoms with Crippen LogP contribution in [0.1, 0.15) is 10.4 Å².